The summed E-state index contributed by atoms with van der Waals surface area (Å²) in [7, 11) is 0. The molecule has 6 aromatic carbocycles. The van der Waals surface area contributed by atoms with Gasteiger partial charge in [0.25, 0.3) is 0 Å². The molecule has 0 spiro atoms. The third-order valence-electron chi connectivity index (χ3n) is 10.7. The number of rotatable bonds is 3. The quantitative estimate of drug-likeness (QED) is 0.206. The minimum atomic E-state index is -0.0608. The molecule has 0 radical (unpaired) electrons. The molecule has 6 aromatic rings. The maximum absolute atomic E-state index is 2.49. The Balaban J connectivity index is 1.24. The van der Waals surface area contributed by atoms with Gasteiger partial charge in [-0.15, -0.1) is 0 Å². The molecule has 1 heteroatoms. The van der Waals surface area contributed by atoms with Gasteiger partial charge >= 0.3 is 0 Å². The Morgan fingerprint density at radius 1 is 0.386 bits per heavy atom. The molecule has 0 N–H and O–H groups in total. The zero-order valence-corrected chi connectivity index (χ0v) is 25.8. The van der Waals surface area contributed by atoms with E-state index in [0.717, 1.165) is 6.42 Å². The highest BCUT2D eigenvalue weighted by atomic mass is 15.1. The second-order valence-electron chi connectivity index (χ2n) is 13.8. The summed E-state index contributed by atoms with van der Waals surface area (Å²) < 4.78 is 0. The molecular weight excluding hydrogens is 530 g/mol. The van der Waals surface area contributed by atoms with Gasteiger partial charge in [-0.2, -0.15) is 0 Å². The summed E-state index contributed by atoms with van der Waals surface area (Å²) in [6.45, 7) is 9.47. The van der Waals surface area contributed by atoms with Crippen molar-refractivity contribution in [1.82, 2.24) is 0 Å². The summed E-state index contributed by atoms with van der Waals surface area (Å²) in [6.07, 6.45) is 0.978. The van der Waals surface area contributed by atoms with Crippen molar-refractivity contribution in [3.8, 4) is 33.4 Å². The lowest BCUT2D eigenvalue weighted by molar-refractivity contribution is 0.660. The highest BCUT2D eigenvalue weighted by molar-refractivity contribution is 5.89. The van der Waals surface area contributed by atoms with E-state index < -0.39 is 0 Å². The fraction of sp³-hybridized carbons (Fsp3) is 0.163. The van der Waals surface area contributed by atoms with E-state index in [4.69, 9.17) is 0 Å². The summed E-state index contributed by atoms with van der Waals surface area (Å²) in [6, 6.07) is 48.0. The Morgan fingerprint density at radius 3 is 1.36 bits per heavy atom. The largest absolute Gasteiger partial charge is 0.310 e. The van der Waals surface area contributed by atoms with E-state index in [9.17, 15) is 0 Å². The first-order chi connectivity index (χ1) is 21.3. The van der Waals surface area contributed by atoms with Crippen molar-refractivity contribution in [1.29, 1.82) is 0 Å². The van der Waals surface area contributed by atoms with Gasteiger partial charge in [0.2, 0.25) is 0 Å². The number of hydrogen-bond acceptors (Lipinski definition) is 1. The standard InChI is InChI=1S/C43H35N/c1-42(2)38-15-9-7-13-34(38)36-21-18-30(25-40(36)42)44(29-17-20-33-28(24-29)23-27-11-5-6-12-32(27)33)31-19-22-37-35-14-8-10-16-39(35)43(3,4)41(37)26-31/h5-22,24-26H,23H2,1-4H3. The van der Waals surface area contributed by atoms with Crippen molar-refractivity contribution < 1.29 is 0 Å². The molecule has 0 aliphatic heterocycles. The number of hydrogen-bond donors (Lipinski definition) is 0. The summed E-state index contributed by atoms with van der Waals surface area (Å²) in [4.78, 5) is 2.49. The third kappa shape index (κ3) is 3.41. The lowest BCUT2D eigenvalue weighted by Gasteiger charge is -2.30. The van der Waals surface area contributed by atoms with Crippen LogP contribution in [0.2, 0.25) is 0 Å². The average Bonchev–Trinajstić information content (AvgIpc) is 3.61. The molecule has 0 amide bonds. The molecule has 0 saturated heterocycles. The van der Waals surface area contributed by atoms with Gasteiger partial charge in [-0.1, -0.05) is 119 Å². The minimum Gasteiger partial charge on any atom is -0.310 e. The van der Waals surface area contributed by atoms with Crippen LogP contribution < -0.4 is 4.90 Å². The van der Waals surface area contributed by atoms with Gasteiger partial charge in [-0.25, -0.2) is 0 Å². The second-order valence-corrected chi connectivity index (χ2v) is 13.8. The molecular formula is C43H35N. The SMILES string of the molecule is CC1(C)c2ccccc2-c2ccc(N(c3ccc4c(c3)Cc3ccccc3-4)c3ccc4c(c3)C(C)(C)c3ccccc3-4)cc21. The van der Waals surface area contributed by atoms with Crippen LogP contribution in [0, 0.1) is 0 Å². The van der Waals surface area contributed by atoms with Crippen LogP contribution in [0.15, 0.2) is 127 Å². The minimum absolute atomic E-state index is 0.0608. The van der Waals surface area contributed by atoms with Crippen molar-refractivity contribution in [2.45, 2.75) is 44.9 Å². The van der Waals surface area contributed by atoms with Crippen LogP contribution in [0.3, 0.4) is 0 Å². The molecule has 1 nitrogen and oxygen atoms in total. The number of fused-ring (bicyclic) bond motifs is 9. The van der Waals surface area contributed by atoms with E-state index in [1.54, 1.807) is 0 Å². The Labute approximate surface area is 260 Å². The summed E-state index contributed by atoms with van der Waals surface area (Å²) in [5.41, 5.74) is 20.1. The van der Waals surface area contributed by atoms with Gasteiger partial charge in [0.15, 0.2) is 0 Å². The maximum atomic E-state index is 2.49. The molecule has 0 bridgehead atoms. The fourth-order valence-corrected chi connectivity index (χ4v) is 8.38. The molecule has 0 heterocycles. The lowest BCUT2D eigenvalue weighted by Crippen LogP contribution is -2.18. The van der Waals surface area contributed by atoms with E-state index in [1.165, 1.54) is 83.8 Å². The fourth-order valence-electron chi connectivity index (χ4n) is 8.38. The first-order valence-corrected chi connectivity index (χ1v) is 15.8. The zero-order valence-electron chi connectivity index (χ0n) is 25.8. The predicted molar refractivity (Wildman–Crippen MR) is 184 cm³/mol. The van der Waals surface area contributed by atoms with Gasteiger partial charge in [0, 0.05) is 27.9 Å². The van der Waals surface area contributed by atoms with Crippen LogP contribution in [-0.2, 0) is 17.3 Å². The molecule has 0 fully saturated rings. The van der Waals surface area contributed by atoms with Gasteiger partial charge < -0.3 is 4.90 Å². The first-order valence-electron chi connectivity index (χ1n) is 15.8. The van der Waals surface area contributed by atoms with E-state index in [2.05, 4.69) is 160 Å². The van der Waals surface area contributed by atoms with Crippen molar-refractivity contribution in [2.24, 2.45) is 0 Å². The Hall–Kier alpha value is -4.88. The summed E-state index contributed by atoms with van der Waals surface area (Å²) in [5, 5.41) is 0. The number of nitrogens with zero attached hydrogens (tertiary/aromatic N) is 1. The molecule has 44 heavy (non-hydrogen) atoms. The smallest absolute Gasteiger partial charge is 0.0465 e. The second kappa shape index (κ2) is 8.83. The number of anilines is 3. The van der Waals surface area contributed by atoms with Crippen LogP contribution in [0.25, 0.3) is 33.4 Å². The van der Waals surface area contributed by atoms with Crippen molar-refractivity contribution >= 4 is 17.1 Å². The molecule has 0 aromatic heterocycles. The zero-order chi connectivity index (χ0) is 29.8. The van der Waals surface area contributed by atoms with Crippen molar-refractivity contribution in [3.05, 3.63) is 161 Å². The molecule has 3 aliphatic carbocycles. The molecule has 0 atom stereocenters. The molecule has 212 valence electrons. The van der Waals surface area contributed by atoms with Gasteiger partial charge in [0.1, 0.15) is 0 Å². The molecule has 0 unspecified atom stereocenters. The lowest BCUT2D eigenvalue weighted by atomic mass is 9.82. The van der Waals surface area contributed by atoms with E-state index >= 15 is 0 Å². The van der Waals surface area contributed by atoms with Crippen molar-refractivity contribution in [3.63, 3.8) is 0 Å². The van der Waals surface area contributed by atoms with Gasteiger partial charge in [-0.3, -0.25) is 0 Å². The third-order valence-corrected chi connectivity index (χ3v) is 10.7. The molecule has 0 saturated carbocycles. The highest BCUT2D eigenvalue weighted by Crippen LogP contribution is 2.53. The van der Waals surface area contributed by atoms with Crippen LogP contribution in [-0.4, -0.2) is 0 Å². The molecule has 9 rings (SSSR count). The summed E-state index contributed by atoms with van der Waals surface area (Å²) >= 11 is 0. The van der Waals surface area contributed by atoms with Gasteiger partial charge in [0.05, 0.1) is 0 Å². The Kier molecular flexibility index (Phi) is 5.14. The predicted octanol–water partition coefficient (Wildman–Crippen LogP) is 11.3. The van der Waals surface area contributed by atoms with Gasteiger partial charge in [-0.05, 0) is 110 Å². The Morgan fingerprint density at radius 2 is 0.795 bits per heavy atom. The van der Waals surface area contributed by atoms with Crippen LogP contribution in [0.5, 0.6) is 0 Å². The van der Waals surface area contributed by atoms with E-state index in [0.29, 0.717) is 0 Å². The topological polar surface area (TPSA) is 3.24 Å². The van der Waals surface area contributed by atoms with Crippen LogP contribution in [0.4, 0.5) is 17.1 Å². The van der Waals surface area contributed by atoms with Crippen molar-refractivity contribution in [2.75, 3.05) is 4.90 Å². The van der Waals surface area contributed by atoms with Crippen LogP contribution in [0.1, 0.15) is 61.1 Å². The maximum Gasteiger partial charge on any atom is 0.0465 e. The monoisotopic (exact) mass is 565 g/mol. The molecule has 3 aliphatic rings. The number of benzene rings is 6. The normalized spacial score (nSPS) is 15.5. The summed E-state index contributed by atoms with van der Waals surface area (Å²) in [5.74, 6) is 0. The first kappa shape index (κ1) is 25.6. The highest BCUT2D eigenvalue weighted by Gasteiger charge is 2.37. The van der Waals surface area contributed by atoms with E-state index in [-0.39, 0.29) is 10.8 Å². The van der Waals surface area contributed by atoms with E-state index in [1.807, 2.05) is 0 Å². The average molecular weight is 566 g/mol. The Bertz CT molecular complexity index is 2050. The van der Waals surface area contributed by atoms with Crippen LogP contribution >= 0.6 is 0 Å².